The third-order valence-electron chi connectivity index (χ3n) is 5.44. The Morgan fingerprint density at radius 1 is 0.903 bits per heavy atom. The molecule has 0 unspecified atom stereocenters. The molecule has 3 rings (SSSR count). The number of amides is 3. The molecule has 2 aliphatic rings. The fraction of sp³-hybridized carbons (Fsp3) is 0.609. The van der Waals surface area contributed by atoms with Crippen LogP contribution in [0.3, 0.4) is 0 Å². The summed E-state index contributed by atoms with van der Waals surface area (Å²) in [6.07, 6.45) is 5.30. The zero-order chi connectivity index (χ0) is 22.2. The number of nitrogens with zero attached hydrogens (tertiary/aromatic N) is 1. The zero-order valence-electron chi connectivity index (χ0n) is 18.5. The summed E-state index contributed by atoms with van der Waals surface area (Å²) >= 11 is 0. The van der Waals surface area contributed by atoms with Crippen LogP contribution in [0.1, 0.15) is 58.8 Å². The Balaban J connectivity index is 1.67. The average Bonchev–Trinajstić information content (AvgIpc) is 3.61. The van der Waals surface area contributed by atoms with Crippen molar-refractivity contribution in [3.05, 3.63) is 12.1 Å². The summed E-state index contributed by atoms with van der Waals surface area (Å²) in [6.45, 7) is 6.08. The maximum Gasteiger partial charge on any atom is 0.227 e. The first-order valence-corrected chi connectivity index (χ1v) is 11.3. The van der Waals surface area contributed by atoms with Gasteiger partial charge < -0.3 is 25.0 Å². The predicted octanol–water partition coefficient (Wildman–Crippen LogP) is 3.56. The van der Waals surface area contributed by atoms with Gasteiger partial charge in [0.15, 0.2) is 0 Å². The van der Waals surface area contributed by atoms with Crippen LogP contribution in [0.4, 0.5) is 11.4 Å². The number of likely N-dealkylation sites (tertiary alicyclic amines) is 1. The van der Waals surface area contributed by atoms with Crippen molar-refractivity contribution in [1.82, 2.24) is 4.90 Å². The number of carbonyl (C=O) groups is 3. The molecule has 8 heteroatoms. The minimum Gasteiger partial charge on any atom is -0.492 e. The van der Waals surface area contributed by atoms with E-state index in [0.29, 0.717) is 36.1 Å². The Morgan fingerprint density at radius 2 is 1.48 bits per heavy atom. The van der Waals surface area contributed by atoms with Crippen molar-refractivity contribution in [2.45, 2.75) is 58.8 Å². The minimum atomic E-state index is -0.261. The molecule has 1 aliphatic carbocycles. The van der Waals surface area contributed by atoms with Gasteiger partial charge in [-0.25, -0.2) is 0 Å². The Labute approximate surface area is 183 Å². The molecule has 1 aromatic carbocycles. The van der Waals surface area contributed by atoms with E-state index in [4.69, 9.17) is 9.47 Å². The molecule has 1 heterocycles. The molecule has 2 N–H and O–H groups in total. The first kappa shape index (κ1) is 22.9. The van der Waals surface area contributed by atoms with Crippen molar-refractivity contribution < 1.29 is 23.9 Å². The average molecular weight is 432 g/mol. The van der Waals surface area contributed by atoms with Gasteiger partial charge in [0.25, 0.3) is 0 Å². The van der Waals surface area contributed by atoms with Gasteiger partial charge in [0.1, 0.15) is 11.5 Å². The van der Waals surface area contributed by atoms with E-state index in [1.807, 2.05) is 18.7 Å². The van der Waals surface area contributed by atoms with Crippen molar-refractivity contribution in [3.63, 3.8) is 0 Å². The monoisotopic (exact) mass is 431 g/mol. The Kier molecular flexibility index (Phi) is 8.14. The Bertz CT molecular complexity index is 801. The summed E-state index contributed by atoms with van der Waals surface area (Å²) in [4.78, 5) is 38.9. The highest BCUT2D eigenvalue weighted by Crippen LogP contribution is 2.38. The Morgan fingerprint density at radius 3 is 2.03 bits per heavy atom. The normalized spacial score (nSPS) is 15.9. The summed E-state index contributed by atoms with van der Waals surface area (Å²) < 4.78 is 11.4. The van der Waals surface area contributed by atoms with Gasteiger partial charge in [0.05, 0.1) is 24.6 Å². The lowest BCUT2D eigenvalue weighted by atomic mass is 10.1. The van der Waals surface area contributed by atoms with Gasteiger partial charge in [0, 0.05) is 44.0 Å². The molecule has 0 radical (unpaired) electrons. The highest BCUT2D eigenvalue weighted by atomic mass is 16.5. The lowest BCUT2D eigenvalue weighted by Gasteiger charge is -2.26. The molecule has 0 bridgehead atoms. The van der Waals surface area contributed by atoms with Gasteiger partial charge in [-0.05, 0) is 46.0 Å². The molecule has 8 nitrogen and oxygen atoms in total. The molecular weight excluding hydrogens is 398 g/mol. The van der Waals surface area contributed by atoms with Crippen LogP contribution >= 0.6 is 0 Å². The molecule has 31 heavy (non-hydrogen) atoms. The molecule has 1 aliphatic heterocycles. The van der Waals surface area contributed by atoms with E-state index in [9.17, 15) is 14.4 Å². The van der Waals surface area contributed by atoms with E-state index >= 15 is 0 Å². The van der Waals surface area contributed by atoms with Crippen LogP contribution in [0, 0.1) is 5.92 Å². The van der Waals surface area contributed by atoms with Crippen LogP contribution in [0.15, 0.2) is 12.1 Å². The van der Waals surface area contributed by atoms with E-state index in [-0.39, 0.29) is 36.5 Å². The number of anilines is 2. The lowest BCUT2D eigenvalue weighted by molar-refractivity contribution is -0.133. The number of hydrogen-bond donors (Lipinski definition) is 2. The fourth-order valence-corrected chi connectivity index (χ4v) is 3.62. The number of carbonyl (C=O) groups excluding carboxylic acids is 3. The zero-order valence-corrected chi connectivity index (χ0v) is 18.5. The van der Waals surface area contributed by atoms with Crippen LogP contribution in [0.5, 0.6) is 11.5 Å². The number of benzene rings is 1. The molecule has 1 saturated heterocycles. The second kappa shape index (κ2) is 11.0. The molecule has 1 saturated carbocycles. The number of rotatable bonds is 10. The molecular formula is C23H33N3O5. The van der Waals surface area contributed by atoms with Gasteiger partial charge >= 0.3 is 0 Å². The van der Waals surface area contributed by atoms with Crippen molar-refractivity contribution in [2.75, 3.05) is 36.9 Å². The summed E-state index contributed by atoms with van der Waals surface area (Å²) in [5.41, 5.74) is 0.991. The smallest absolute Gasteiger partial charge is 0.227 e. The van der Waals surface area contributed by atoms with E-state index in [1.165, 1.54) is 0 Å². The van der Waals surface area contributed by atoms with Crippen LogP contribution in [-0.2, 0) is 14.4 Å². The molecule has 2 fully saturated rings. The summed E-state index contributed by atoms with van der Waals surface area (Å²) in [5, 5.41) is 5.75. The Hall–Kier alpha value is -2.77. The van der Waals surface area contributed by atoms with Gasteiger partial charge in [-0.3, -0.25) is 14.4 Å². The number of ether oxygens (including phenoxy) is 2. The van der Waals surface area contributed by atoms with Gasteiger partial charge in [0.2, 0.25) is 17.7 Å². The first-order chi connectivity index (χ1) is 15.0. The highest BCUT2D eigenvalue weighted by molar-refractivity contribution is 5.98. The van der Waals surface area contributed by atoms with Gasteiger partial charge in [-0.1, -0.05) is 0 Å². The second-order valence-electron chi connectivity index (χ2n) is 7.96. The van der Waals surface area contributed by atoms with Crippen molar-refractivity contribution in [3.8, 4) is 11.5 Å². The number of hydrogen-bond acceptors (Lipinski definition) is 5. The predicted molar refractivity (Wildman–Crippen MR) is 118 cm³/mol. The van der Waals surface area contributed by atoms with E-state index < -0.39 is 0 Å². The largest absolute Gasteiger partial charge is 0.492 e. The van der Waals surface area contributed by atoms with Crippen molar-refractivity contribution in [1.29, 1.82) is 0 Å². The van der Waals surface area contributed by atoms with Gasteiger partial charge in [-0.15, -0.1) is 0 Å². The second-order valence-corrected chi connectivity index (χ2v) is 7.96. The third kappa shape index (κ3) is 6.60. The lowest BCUT2D eigenvalue weighted by Crippen LogP contribution is -2.35. The summed E-state index contributed by atoms with van der Waals surface area (Å²) in [7, 11) is 0. The van der Waals surface area contributed by atoms with Crippen molar-refractivity contribution in [2.24, 2.45) is 5.92 Å². The van der Waals surface area contributed by atoms with Crippen LogP contribution in [-0.4, -0.2) is 48.9 Å². The maximum atomic E-state index is 12.5. The maximum absolute atomic E-state index is 12.5. The summed E-state index contributed by atoms with van der Waals surface area (Å²) in [6, 6.07) is 3.35. The number of piperidine rings is 1. The molecule has 0 spiro atoms. The first-order valence-electron chi connectivity index (χ1n) is 11.3. The topological polar surface area (TPSA) is 97.0 Å². The van der Waals surface area contributed by atoms with Crippen LogP contribution in [0.2, 0.25) is 0 Å². The molecule has 1 aromatic rings. The van der Waals surface area contributed by atoms with E-state index in [2.05, 4.69) is 10.6 Å². The number of nitrogens with one attached hydrogen (secondary N) is 2. The highest BCUT2D eigenvalue weighted by Gasteiger charge is 2.30. The molecule has 3 amide bonds. The van der Waals surface area contributed by atoms with Crippen LogP contribution in [0.25, 0.3) is 0 Å². The molecule has 0 atom stereocenters. The third-order valence-corrected chi connectivity index (χ3v) is 5.44. The molecule has 0 aromatic heterocycles. The fourth-order valence-electron chi connectivity index (χ4n) is 3.62. The van der Waals surface area contributed by atoms with Crippen molar-refractivity contribution >= 4 is 29.1 Å². The molecule has 170 valence electrons. The summed E-state index contributed by atoms with van der Waals surface area (Å²) in [5.74, 6) is 0.710. The quantitative estimate of drug-likeness (QED) is 0.590. The SMILES string of the molecule is CCOc1cc(NC(=O)C2CC2)c(OCC)cc1NC(=O)CCC(=O)N1CCCCC1. The minimum absolute atomic E-state index is 0.0213. The standard InChI is InChI=1S/C23H33N3O5/c1-3-30-19-15-18(25-23(29)16-8-9-16)20(31-4-2)14-17(19)24-21(27)10-11-22(28)26-12-6-5-7-13-26/h14-16H,3-13H2,1-2H3,(H,24,27)(H,25,29). The van der Waals surface area contributed by atoms with E-state index in [1.54, 1.807) is 12.1 Å². The van der Waals surface area contributed by atoms with Crippen LogP contribution < -0.4 is 20.1 Å². The van der Waals surface area contributed by atoms with Gasteiger partial charge in [-0.2, -0.15) is 0 Å². The van der Waals surface area contributed by atoms with E-state index in [0.717, 1.165) is 45.2 Å².